The zero-order valence-electron chi connectivity index (χ0n) is 17.6. The van der Waals surface area contributed by atoms with Crippen LogP contribution in [0, 0.1) is 0 Å². The van der Waals surface area contributed by atoms with Gasteiger partial charge >= 0.3 is 6.18 Å². The standard InChI is InChI=1S/C21H19F3N6O3/c1-20(2,32)19-27-17(21(22,23)24)16(33-19)18(31)29-8-6-12-14(26-10-25-12)15(29)13-9-11-5-3-4-7-30(11)28-13/h3-5,7,9-10,15,32H,6,8H2,1-2H3,(H,25,26)/t15-/m1/s1. The average molecular weight is 460 g/mol. The van der Waals surface area contributed by atoms with Crippen molar-refractivity contribution >= 4 is 11.4 Å². The molecular formula is C21H19F3N6O3. The molecule has 0 saturated carbocycles. The Bertz CT molecular complexity index is 1310. The van der Waals surface area contributed by atoms with Crippen molar-refractivity contribution in [2.24, 2.45) is 0 Å². The Morgan fingerprint density at radius 2 is 2.09 bits per heavy atom. The van der Waals surface area contributed by atoms with E-state index in [0.717, 1.165) is 11.2 Å². The van der Waals surface area contributed by atoms with Gasteiger partial charge in [-0.15, -0.1) is 0 Å². The van der Waals surface area contributed by atoms with Crippen LogP contribution in [0.4, 0.5) is 13.2 Å². The van der Waals surface area contributed by atoms with Crippen LogP contribution in [0.3, 0.4) is 0 Å². The molecule has 0 saturated heterocycles. The highest BCUT2D eigenvalue weighted by Gasteiger charge is 2.46. The maximum absolute atomic E-state index is 13.7. The summed E-state index contributed by atoms with van der Waals surface area (Å²) in [5, 5.41) is 14.6. The number of oxazole rings is 1. The van der Waals surface area contributed by atoms with E-state index >= 15 is 0 Å². The summed E-state index contributed by atoms with van der Waals surface area (Å²) in [6, 6.07) is 6.35. The number of alkyl halides is 3. The summed E-state index contributed by atoms with van der Waals surface area (Å²) in [6.45, 7) is 2.55. The van der Waals surface area contributed by atoms with Gasteiger partial charge in [-0.1, -0.05) is 6.07 Å². The molecule has 0 unspecified atom stereocenters. The Morgan fingerprint density at radius 3 is 2.79 bits per heavy atom. The topological polar surface area (TPSA) is 113 Å². The number of imidazole rings is 1. The highest BCUT2D eigenvalue weighted by atomic mass is 19.4. The van der Waals surface area contributed by atoms with Crippen molar-refractivity contribution < 1.29 is 27.5 Å². The van der Waals surface area contributed by atoms with Crippen molar-refractivity contribution in [2.75, 3.05) is 6.54 Å². The predicted octanol–water partition coefficient (Wildman–Crippen LogP) is 3.08. The summed E-state index contributed by atoms with van der Waals surface area (Å²) in [4.78, 5) is 25.5. The van der Waals surface area contributed by atoms with Gasteiger partial charge in [0.25, 0.3) is 5.91 Å². The summed E-state index contributed by atoms with van der Waals surface area (Å²) in [6.07, 6.45) is -1.39. The summed E-state index contributed by atoms with van der Waals surface area (Å²) in [5.74, 6) is -2.59. The number of hydrogen-bond donors (Lipinski definition) is 2. The lowest BCUT2D eigenvalue weighted by Gasteiger charge is -2.33. The Kier molecular flexibility index (Phi) is 4.60. The van der Waals surface area contributed by atoms with E-state index in [1.165, 1.54) is 25.1 Å². The van der Waals surface area contributed by atoms with Crippen molar-refractivity contribution in [3.8, 4) is 0 Å². The molecule has 0 radical (unpaired) electrons. The van der Waals surface area contributed by atoms with Gasteiger partial charge in [-0.05, 0) is 32.0 Å². The molecule has 0 fully saturated rings. The van der Waals surface area contributed by atoms with Crippen LogP contribution < -0.4 is 0 Å². The van der Waals surface area contributed by atoms with E-state index in [1.807, 2.05) is 12.1 Å². The van der Waals surface area contributed by atoms with Crippen LogP contribution in [0.5, 0.6) is 0 Å². The van der Waals surface area contributed by atoms with Crippen LogP contribution in [0.2, 0.25) is 0 Å². The van der Waals surface area contributed by atoms with Crippen LogP contribution in [-0.4, -0.2) is 47.0 Å². The van der Waals surface area contributed by atoms with Gasteiger partial charge in [0.05, 0.1) is 23.2 Å². The van der Waals surface area contributed by atoms with E-state index in [9.17, 15) is 23.1 Å². The molecule has 2 N–H and O–H groups in total. The summed E-state index contributed by atoms with van der Waals surface area (Å²) >= 11 is 0. The molecule has 0 aromatic carbocycles. The molecule has 33 heavy (non-hydrogen) atoms. The molecular weight excluding hydrogens is 441 g/mol. The largest absolute Gasteiger partial charge is 0.437 e. The third-order valence-electron chi connectivity index (χ3n) is 5.47. The quantitative estimate of drug-likeness (QED) is 0.486. The number of nitrogens with one attached hydrogen (secondary N) is 1. The maximum atomic E-state index is 13.7. The van der Waals surface area contributed by atoms with E-state index in [4.69, 9.17) is 4.42 Å². The Balaban J connectivity index is 1.63. The van der Waals surface area contributed by atoms with Crippen LogP contribution in [0.1, 0.15) is 59.1 Å². The second-order valence-corrected chi connectivity index (χ2v) is 8.31. The molecule has 4 aromatic heterocycles. The minimum absolute atomic E-state index is 0.0996. The van der Waals surface area contributed by atoms with Gasteiger partial charge in [0, 0.05) is 24.9 Å². The van der Waals surface area contributed by atoms with Gasteiger partial charge in [-0.2, -0.15) is 18.3 Å². The lowest BCUT2D eigenvalue weighted by molar-refractivity contribution is -0.141. The van der Waals surface area contributed by atoms with Crippen molar-refractivity contribution in [3.05, 3.63) is 71.2 Å². The lowest BCUT2D eigenvalue weighted by atomic mass is 9.99. The number of fused-ring (bicyclic) bond motifs is 2. The highest BCUT2D eigenvalue weighted by molar-refractivity contribution is 5.93. The maximum Gasteiger partial charge on any atom is 0.437 e. The zero-order chi connectivity index (χ0) is 23.5. The van der Waals surface area contributed by atoms with E-state index in [2.05, 4.69) is 20.1 Å². The number of halogens is 3. The first-order valence-corrected chi connectivity index (χ1v) is 10.1. The smallest absolute Gasteiger partial charge is 0.432 e. The van der Waals surface area contributed by atoms with Crippen molar-refractivity contribution in [1.82, 2.24) is 29.5 Å². The molecule has 5 heterocycles. The van der Waals surface area contributed by atoms with Crippen molar-refractivity contribution in [1.29, 1.82) is 0 Å². The number of carbonyl (C=O) groups excluding carboxylic acids is 1. The third-order valence-corrected chi connectivity index (χ3v) is 5.47. The SMILES string of the molecule is CC(C)(O)c1nc(C(F)(F)F)c(C(=O)N2CCc3[nH]cnc3[C@H]2c2cc3ccccn3n2)o1. The highest BCUT2D eigenvalue weighted by Crippen LogP contribution is 2.38. The molecule has 0 spiro atoms. The van der Waals surface area contributed by atoms with Gasteiger partial charge in [0.15, 0.2) is 5.69 Å². The molecule has 172 valence electrons. The van der Waals surface area contributed by atoms with E-state index in [1.54, 1.807) is 22.8 Å². The minimum atomic E-state index is -4.95. The molecule has 1 aliphatic heterocycles. The number of pyridine rings is 1. The summed E-state index contributed by atoms with van der Waals surface area (Å²) in [7, 11) is 0. The first-order chi connectivity index (χ1) is 15.5. The Labute approximate surface area is 184 Å². The van der Waals surface area contributed by atoms with Crippen LogP contribution >= 0.6 is 0 Å². The van der Waals surface area contributed by atoms with Crippen LogP contribution in [-0.2, 0) is 18.2 Å². The number of rotatable bonds is 3. The van der Waals surface area contributed by atoms with Crippen molar-refractivity contribution in [2.45, 2.75) is 38.1 Å². The third kappa shape index (κ3) is 3.55. The van der Waals surface area contributed by atoms with E-state index < -0.39 is 41.1 Å². The molecule has 5 rings (SSSR count). The summed E-state index contributed by atoms with van der Waals surface area (Å²) < 4.78 is 48.0. The molecule has 0 aliphatic carbocycles. The normalized spacial score (nSPS) is 16.9. The average Bonchev–Trinajstić information content (AvgIpc) is 3.48. The molecule has 1 amide bonds. The first-order valence-electron chi connectivity index (χ1n) is 10.1. The molecule has 1 atom stereocenters. The van der Waals surface area contributed by atoms with Gasteiger partial charge in [0.2, 0.25) is 11.7 Å². The van der Waals surface area contributed by atoms with Crippen LogP contribution in [0.15, 0.2) is 41.2 Å². The first kappa shape index (κ1) is 21.2. The predicted molar refractivity (Wildman–Crippen MR) is 107 cm³/mol. The second kappa shape index (κ2) is 7.17. The number of amides is 1. The number of aromatic nitrogens is 5. The number of hydrogen-bond acceptors (Lipinski definition) is 6. The van der Waals surface area contributed by atoms with E-state index in [-0.39, 0.29) is 6.54 Å². The van der Waals surface area contributed by atoms with E-state index in [0.29, 0.717) is 17.8 Å². The molecule has 0 bridgehead atoms. The fourth-order valence-corrected chi connectivity index (χ4v) is 3.94. The molecule has 4 aromatic rings. The van der Waals surface area contributed by atoms with Gasteiger partial charge in [-0.3, -0.25) is 4.79 Å². The van der Waals surface area contributed by atoms with Gasteiger partial charge < -0.3 is 19.4 Å². The second-order valence-electron chi connectivity index (χ2n) is 8.31. The Morgan fingerprint density at radius 1 is 1.30 bits per heavy atom. The fourth-order valence-electron chi connectivity index (χ4n) is 3.94. The number of aromatic amines is 1. The Hall–Kier alpha value is -3.67. The van der Waals surface area contributed by atoms with Crippen LogP contribution in [0.25, 0.3) is 5.52 Å². The van der Waals surface area contributed by atoms with Gasteiger partial charge in [-0.25, -0.2) is 14.5 Å². The van der Waals surface area contributed by atoms with Gasteiger partial charge in [0.1, 0.15) is 11.6 Å². The number of H-pyrrole nitrogens is 1. The zero-order valence-corrected chi connectivity index (χ0v) is 17.6. The molecule has 12 heteroatoms. The summed E-state index contributed by atoms with van der Waals surface area (Å²) in [5.41, 5.74) is -0.829. The number of nitrogens with zero attached hydrogens (tertiary/aromatic N) is 5. The number of aliphatic hydroxyl groups is 1. The molecule has 1 aliphatic rings. The van der Waals surface area contributed by atoms with Crippen molar-refractivity contribution in [3.63, 3.8) is 0 Å². The monoisotopic (exact) mass is 460 g/mol. The number of carbonyl (C=O) groups is 1. The molecule has 9 nitrogen and oxygen atoms in total. The fraction of sp³-hybridized carbons (Fsp3) is 0.333. The lowest BCUT2D eigenvalue weighted by Crippen LogP contribution is -2.41. The minimum Gasteiger partial charge on any atom is -0.432 e.